The maximum atomic E-state index is 13.0. The van der Waals surface area contributed by atoms with Crippen molar-refractivity contribution in [1.29, 1.82) is 5.26 Å². The number of para-hydroxylation sites is 1. The molecule has 1 atom stereocenters. The van der Waals surface area contributed by atoms with Gasteiger partial charge in [0.15, 0.2) is 0 Å². The van der Waals surface area contributed by atoms with Gasteiger partial charge in [-0.3, -0.25) is 9.10 Å². The molecule has 3 rings (SSSR count). The number of hydrogen-bond acceptors (Lipinski definition) is 4. The Bertz CT molecular complexity index is 947. The maximum Gasteiger partial charge on any atom is 0.304 e. The number of nitrogens with zero attached hydrogens (tertiary/aromatic N) is 2. The van der Waals surface area contributed by atoms with Gasteiger partial charge in [-0.1, -0.05) is 24.3 Å². The molecule has 0 amide bonds. The van der Waals surface area contributed by atoms with Crippen LogP contribution in [0.2, 0.25) is 0 Å². The number of carbonyl (C=O) groups is 1. The molecule has 2 aromatic carbocycles. The fourth-order valence-electron chi connectivity index (χ4n) is 2.92. The summed E-state index contributed by atoms with van der Waals surface area (Å²) in [5.41, 5.74) is 1.46. The summed E-state index contributed by atoms with van der Waals surface area (Å²) in [5, 5.41) is 18.0. The average Bonchev–Trinajstić information content (AvgIpc) is 2.94. The number of aliphatic carboxylic acids is 1. The van der Waals surface area contributed by atoms with E-state index < -0.39 is 21.9 Å². The SMILES string of the molecule is N#Cc1cccc(S(=O)(=O)N2C[C@@H](CC(=O)O)c3ccccc32)c1. The molecule has 1 heterocycles. The molecule has 2 aromatic rings. The molecule has 1 aliphatic rings. The third-order valence-electron chi connectivity index (χ3n) is 4.00. The third-order valence-corrected chi connectivity index (χ3v) is 5.78. The Morgan fingerprint density at radius 3 is 2.71 bits per heavy atom. The van der Waals surface area contributed by atoms with Crippen molar-refractivity contribution in [2.75, 3.05) is 10.8 Å². The Labute approximate surface area is 139 Å². The smallest absolute Gasteiger partial charge is 0.304 e. The van der Waals surface area contributed by atoms with Gasteiger partial charge in [0.1, 0.15) is 0 Å². The summed E-state index contributed by atoms with van der Waals surface area (Å²) >= 11 is 0. The number of fused-ring (bicyclic) bond motifs is 1. The van der Waals surface area contributed by atoms with Crippen molar-refractivity contribution in [3.05, 3.63) is 59.7 Å². The number of sulfonamides is 1. The molecule has 0 unspecified atom stereocenters. The van der Waals surface area contributed by atoms with Crippen LogP contribution >= 0.6 is 0 Å². The fourth-order valence-corrected chi connectivity index (χ4v) is 4.51. The molecule has 7 heteroatoms. The van der Waals surface area contributed by atoms with E-state index in [9.17, 15) is 13.2 Å². The van der Waals surface area contributed by atoms with Crippen LogP contribution in [-0.2, 0) is 14.8 Å². The molecule has 0 spiro atoms. The van der Waals surface area contributed by atoms with Crippen molar-refractivity contribution in [2.24, 2.45) is 0 Å². The number of rotatable bonds is 4. The van der Waals surface area contributed by atoms with Gasteiger partial charge in [0, 0.05) is 12.5 Å². The number of hydrogen-bond donors (Lipinski definition) is 1. The zero-order valence-corrected chi connectivity index (χ0v) is 13.4. The number of carboxylic acid groups (broad SMARTS) is 1. The number of nitriles is 1. The first-order valence-electron chi connectivity index (χ1n) is 7.27. The lowest BCUT2D eigenvalue weighted by molar-refractivity contribution is -0.137. The van der Waals surface area contributed by atoms with Gasteiger partial charge in [-0.25, -0.2) is 8.42 Å². The fraction of sp³-hybridized carbons (Fsp3) is 0.176. The lowest BCUT2D eigenvalue weighted by atomic mass is 9.98. The van der Waals surface area contributed by atoms with Crippen LogP contribution in [0.25, 0.3) is 0 Å². The van der Waals surface area contributed by atoms with Gasteiger partial charge in [0.05, 0.1) is 28.6 Å². The van der Waals surface area contributed by atoms with E-state index in [1.807, 2.05) is 6.07 Å². The van der Waals surface area contributed by atoms with Crippen LogP contribution in [0.15, 0.2) is 53.4 Å². The van der Waals surface area contributed by atoms with Gasteiger partial charge < -0.3 is 5.11 Å². The first-order valence-corrected chi connectivity index (χ1v) is 8.71. The molecule has 0 radical (unpaired) electrons. The van der Waals surface area contributed by atoms with Crippen molar-refractivity contribution in [3.8, 4) is 6.07 Å². The molecule has 0 saturated carbocycles. The van der Waals surface area contributed by atoms with Crippen molar-refractivity contribution in [1.82, 2.24) is 0 Å². The van der Waals surface area contributed by atoms with Crippen LogP contribution < -0.4 is 4.31 Å². The van der Waals surface area contributed by atoms with Crippen LogP contribution in [-0.4, -0.2) is 26.0 Å². The zero-order chi connectivity index (χ0) is 17.3. The monoisotopic (exact) mass is 342 g/mol. The third kappa shape index (κ3) is 2.72. The van der Waals surface area contributed by atoms with E-state index in [0.717, 1.165) is 0 Å². The lowest BCUT2D eigenvalue weighted by Gasteiger charge is -2.20. The summed E-state index contributed by atoms with van der Waals surface area (Å²) in [4.78, 5) is 11.1. The van der Waals surface area contributed by atoms with E-state index in [2.05, 4.69) is 0 Å². The Balaban J connectivity index is 2.06. The van der Waals surface area contributed by atoms with Gasteiger partial charge in [-0.05, 0) is 29.8 Å². The second kappa shape index (κ2) is 5.98. The quantitative estimate of drug-likeness (QED) is 0.919. The van der Waals surface area contributed by atoms with E-state index in [4.69, 9.17) is 10.4 Å². The second-order valence-corrected chi connectivity index (χ2v) is 7.39. The molecular formula is C17H14N2O4S. The highest BCUT2D eigenvalue weighted by atomic mass is 32.2. The van der Waals surface area contributed by atoms with Crippen LogP contribution in [0, 0.1) is 11.3 Å². The number of anilines is 1. The van der Waals surface area contributed by atoms with Gasteiger partial charge in [-0.2, -0.15) is 5.26 Å². The van der Waals surface area contributed by atoms with Gasteiger partial charge in [-0.15, -0.1) is 0 Å². The topological polar surface area (TPSA) is 98.5 Å². The van der Waals surface area contributed by atoms with E-state index in [1.54, 1.807) is 24.3 Å². The maximum absolute atomic E-state index is 13.0. The van der Waals surface area contributed by atoms with Crippen molar-refractivity contribution in [3.63, 3.8) is 0 Å². The summed E-state index contributed by atoms with van der Waals surface area (Å²) in [6.07, 6.45) is -0.138. The van der Waals surface area contributed by atoms with Crippen molar-refractivity contribution >= 4 is 21.7 Å². The summed E-state index contributed by atoms with van der Waals surface area (Å²) in [7, 11) is -3.86. The molecule has 1 aliphatic heterocycles. The van der Waals surface area contributed by atoms with E-state index in [1.165, 1.54) is 28.6 Å². The zero-order valence-electron chi connectivity index (χ0n) is 12.6. The van der Waals surface area contributed by atoms with Crippen LogP contribution in [0.1, 0.15) is 23.5 Å². The molecule has 0 saturated heterocycles. The molecule has 0 fully saturated rings. The molecule has 0 aliphatic carbocycles. The van der Waals surface area contributed by atoms with E-state index in [0.29, 0.717) is 11.3 Å². The normalized spacial score (nSPS) is 16.5. The second-order valence-electron chi connectivity index (χ2n) is 5.53. The van der Waals surface area contributed by atoms with Crippen molar-refractivity contribution < 1.29 is 18.3 Å². The minimum Gasteiger partial charge on any atom is -0.481 e. The van der Waals surface area contributed by atoms with Crippen LogP contribution in [0.5, 0.6) is 0 Å². The van der Waals surface area contributed by atoms with Crippen LogP contribution in [0.4, 0.5) is 5.69 Å². The molecule has 122 valence electrons. The number of benzene rings is 2. The molecule has 0 bridgehead atoms. The summed E-state index contributed by atoms with van der Waals surface area (Å²) in [5.74, 6) is -1.37. The van der Waals surface area contributed by atoms with E-state index >= 15 is 0 Å². The summed E-state index contributed by atoms with van der Waals surface area (Å²) in [6.45, 7) is 0.0742. The highest BCUT2D eigenvalue weighted by Gasteiger charge is 2.37. The molecule has 0 aromatic heterocycles. The summed E-state index contributed by atoms with van der Waals surface area (Å²) in [6, 6.07) is 14.6. The predicted molar refractivity (Wildman–Crippen MR) is 87.1 cm³/mol. The highest BCUT2D eigenvalue weighted by molar-refractivity contribution is 7.92. The number of carboxylic acids is 1. The van der Waals surface area contributed by atoms with Gasteiger partial charge in [0.2, 0.25) is 0 Å². The average molecular weight is 342 g/mol. The lowest BCUT2D eigenvalue weighted by Crippen LogP contribution is -2.30. The minimum absolute atomic E-state index is 0.0207. The Hall–Kier alpha value is -2.85. The Morgan fingerprint density at radius 1 is 1.25 bits per heavy atom. The van der Waals surface area contributed by atoms with Crippen molar-refractivity contribution in [2.45, 2.75) is 17.2 Å². The molecule has 6 nitrogen and oxygen atoms in total. The largest absolute Gasteiger partial charge is 0.481 e. The standard InChI is InChI=1S/C17H14N2O4S/c18-10-12-4-3-5-14(8-12)24(22,23)19-11-13(9-17(20)21)15-6-1-2-7-16(15)19/h1-8,13H,9,11H2,(H,20,21)/t13-/m1/s1. The Morgan fingerprint density at radius 2 is 2.00 bits per heavy atom. The first kappa shape index (κ1) is 16.0. The molecule has 24 heavy (non-hydrogen) atoms. The molecular weight excluding hydrogens is 328 g/mol. The highest BCUT2D eigenvalue weighted by Crippen LogP contribution is 2.40. The van der Waals surface area contributed by atoms with Gasteiger partial charge in [0.25, 0.3) is 10.0 Å². The summed E-state index contributed by atoms with van der Waals surface area (Å²) < 4.78 is 27.2. The first-order chi connectivity index (χ1) is 11.4. The van der Waals surface area contributed by atoms with Gasteiger partial charge >= 0.3 is 5.97 Å². The molecule has 1 N–H and O–H groups in total. The Kier molecular flexibility index (Phi) is 3.99. The minimum atomic E-state index is -3.86. The van der Waals surface area contributed by atoms with Crippen LogP contribution in [0.3, 0.4) is 0 Å². The predicted octanol–water partition coefficient (Wildman–Crippen LogP) is 2.33. The van der Waals surface area contributed by atoms with E-state index in [-0.39, 0.29) is 23.4 Å².